The normalized spacial score (nSPS) is 25.5. The fourth-order valence-electron chi connectivity index (χ4n) is 1.67. The van der Waals surface area contributed by atoms with Crippen LogP contribution in [0.15, 0.2) is 10.6 Å². The fourth-order valence-corrected chi connectivity index (χ4v) is 2.89. The van der Waals surface area contributed by atoms with Crippen LogP contribution in [0.3, 0.4) is 0 Å². The van der Waals surface area contributed by atoms with Crippen molar-refractivity contribution in [3.8, 4) is 0 Å². The summed E-state index contributed by atoms with van der Waals surface area (Å²) in [4.78, 5) is 4.08. The van der Waals surface area contributed by atoms with Gasteiger partial charge in [-0.15, -0.1) is 11.8 Å². The van der Waals surface area contributed by atoms with E-state index in [4.69, 9.17) is 0 Å². The molecule has 0 saturated carbocycles. The van der Waals surface area contributed by atoms with E-state index >= 15 is 0 Å². The molecule has 0 unspecified atom stereocenters. The predicted octanol–water partition coefficient (Wildman–Crippen LogP) is 2.41. The van der Waals surface area contributed by atoms with Crippen molar-refractivity contribution in [3.63, 3.8) is 0 Å². The molecule has 10 heavy (non-hydrogen) atoms. The molecule has 2 rings (SSSR count). The van der Waals surface area contributed by atoms with E-state index in [9.17, 15) is 0 Å². The molecule has 1 nitrogen and oxygen atoms in total. The molecule has 1 heterocycles. The maximum atomic E-state index is 2.40. The Morgan fingerprint density at radius 2 is 2.10 bits per heavy atom. The van der Waals surface area contributed by atoms with Gasteiger partial charge in [0.15, 0.2) is 0 Å². The van der Waals surface area contributed by atoms with Gasteiger partial charge in [-0.05, 0) is 25.7 Å². The SMILES string of the molecule is CN1CSC2=C1CCCC2. The van der Waals surface area contributed by atoms with Gasteiger partial charge in [0.1, 0.15) is 0 Å². The largest absolute Gasteiger partial charge is 0.368 e. The number of rotatable bonds is 0. The van der Waals surface area contributed by atoms with E-state index in [-0.39, 0.29) is 0 Å². The van der Waals surface area contributed by atoms with E-state index in [2.05, 4.69) is 11.9 Å². The van der Waals surface area contributed by atoms with Gasteiger partial charge in [0.05, 0.1) is 5.88 Å². The summed E-state index contributed by atoms with van der Waals surface area (Å²) in [6.45, 7) is 0. The van der Waals surface area contributed by atoms with Gasteiger partial charge in [-0.3, -0.25) is 0 Å². The first-order valence-electron chi connectivity index (χ1n) is 3.94. The monoisotopic (exact) mass is 155 g/mol. The maximum Gasteiger partial charge on any atom is 0.0677 e. The fraction of sp³-hybridized carbons (Fsp3) is 0.750. The molecular weight excluding hydrogens is 142 g/mol. The second kappa shape index (κ2) is 2.50. The van der Waals surface area contributed by atoms with Crippen LogP contribution in [0.1, 0.15) is 25.7 Å². The van der Waals surface area contributed by atoms with E-state index in [1.807, 2.05) is 11.8 Å². The van der Waals surface area contributed by atoms with Gasteiger partial charge in [-0.1, -0.05) is 0 Å². The number of hydrogen-bond acceptors (Lipinski definition) is 2. The summed E-state index contributed by atoms with van der Waals surface area (Å²) in [6, 6.07) is 0. The lowest BCUT2D eigenvalue weighted by Gasteiger charge is -2.18. The highest BCUT2D eigenvalue weighted by Crippen LogP contribution is 2.39. The Balaban J connectivity index is 2.20. The van der Waals surface area contributed by atoms with E-state index in [1.54, 1.807) is 10.6 Å². The van der Waals surface area contributed by atoms with Gasteiger partial charge in [0.25, 0.3) is 0 Å². The van der Waals surface area contributed by atoms with Crippen molar-refractivity contribution >= 4 is 11.8 Å². The van der Waals surface area contributed by atoms with Gasteiger partial charge in [-0.25, -0.2) is 0 Å². The minimum atomic E-state index is 1.20. The highest BCUT2D eigenvalue weighted by molar-refractivity contribution is 8.03. The third-order valence-electron chi connectivity index (χ3n) is 2.28. The first kappa shape index (κ1) is 6.59. The van der Waals surface area contributed by atoms with Crippen molar-refractivity contribution in [2.24, 2.45) is 0 Å². The summed E-state index contributed by atoms with van der Waals surface area (Å²) in [7, 11) is 2.21. The summed E-state index contributed by atoms with van der Waals surface area (Å²) in [6.07, 6.45) is 5.51. The molecule has 0 atom stereocenters. The van der Waals surface area contributed by atoms with Gasteiger partial charge in [0, 0.05) is 17.6 Å². The molecule has 0 aromatic rings. The third kappa shape index (κ3) is 0.947. The van der Waals surface area contributed by atoms with E-state index in [0.29, 0.717) is 0 Å². The van der Waals surface area contributed by atoms with Gasteiger partial charge < -0.3 is 4.90 Å². The average Bonchev–Trinajstić information content (AvgIpc) is 2.34. The Kier molecular flexibility index (Phi) is 1.65. The smallest absolute Gasteiger partial charge is 0.0677 e. The van der Waals surface area contributed by atoms with Crippen molar-refractivity contribution in [3.05, 3.63) is 10.6 Å². The highest BCUT2D eigenvalue weighted by Gasteiger charge is 2.21. The van der Waals surface area contributed by atoms with Crippen molar-refractivity contribution in [1.29, 1.82) is 0 Å². The van der Waals surface area contributed by atoms with Crippen molar-refractivity contribution < 1.29 is 0 Å². The van der Waals surface area contributed by atoms with Gasteiger partial charge in [0.2, 0.25) is 0 Å². The van der Waals surface area contributed by atoms with Crippen LogP contribution >= 0.6 is 11.8 Å². The minimum Gasteiger partial charge on any atom is -0.368 e. The zero-order chi connectivity index (χ0) is 6.97. The van der Waals surface area contributed by atoms with Crippen LogP contribution in [0, 0.1) is 0 Å². The lowest BCUT2D eigenvalue weighted by molar-refractivity contribution is 0.455. The summed E-state index contributed by atoms with van der Waals surface area (Å²) < 4.78 is 0. The molecule has 1 aliphatic carbocycles. The van der Waals surface area contributed by atoms with E-state index < -0.39 is 0 Å². The maximum absolute atomic E-state index is 2.40. The summed E-state index contributed by atoms with van der Waals surface area (Å²) in [5.74, 6) is 1.20. The van der Waals surface area contributed by atoms with Crippen molar-refractivity contribution in [2.45, 2.75) is 25.7 Å². The lowest BCUT2D eigenvalue weighted by Crippen LogP contribution is -2.13. The molecule has 0 saturated heterocycles. The van der Waals surface area contributed by atoms with Gasteiger partial charge >= 0.3 is 0 Å². The van der Waals surface area contributed by atoms with Crippen LogP contribution in [-0.4, -0.2) is 17.8 Å². The van der Waals surface area contributed by atoms with Crippen LogP contribution in [-0.2, 0) is 0 Å². The molecule has 0 N–H and O–H groups in total. The van der Waals surface area contributed by atoms with Crippen LogP contribution in [0.4, 0.5) is 0 Å². The van der Waals surface area contributed by atoms with Crippen LogP contribution < -0.4 is 0 Å². The Hall–Kier alpha value is -0.110. The standard InChI is InChI=1S/C8H13NS/c1-9-6-10-8-5-3-2-4-7(8)9/h2-6H2,1H3. The zero-order valence-corrected chi connectivity index (χ0v) is 7.21. The molecule has 0 aromatic heterocycles. The molecule has 2 heteroatoms. The Bertz CT molecular complexity index is 174. The van der Waals surface area contributed by atoms with Gasteiger partial charge in [-0.2, -0.15) is 0 Å². The molecule has 1 aliphatic heterocycles. The first-order chi connectivity index (χ1) is 4.88. The van der Waals surface area contributed by atoms with Crippen LogP contribution in [0.2, 0.25) is 0 Å². The highest BCUT2D eigenvalue weighted by atomic mass is 32.2. The molecular formula is C8H13NS. The Morgan fingerprint density at radius 1 is 1.30 bits per heavy atom. The number of hydrogen-bond donors (Lipinski definition) is 0. The summed E-state index contributed by atoms with van der Waals surface area (Å²) in [5.41, 5.74) is 1.64. The molecule has 0 aromatic carbocycles. The van der Waals surface area contributed by atoms with Crippen LogP contribution in [0.5, 0.6) is 0 Å². The Labute approximate surface area is 66.5 Å². The first-order valence-corrected chi connectivity index (χ1v) is 4.92. The van der Waals surface area contributed by atoms with Crippen LogP contribution in [0.25, 0.3) is 0 Å². The number of nitrogens with zero attached hydrogens (tertiary/aromatic N) is 1. The predicted molar refractivity (Wildman–Crippen MR) is 45.7 cm³/mol. The number of allylic oxidation sites excluding steroid dienone is 2. The molecule has 0 bridgehead atoms. The Morgan fingerprint density at radius 3 is 2.90 bits per heavy atom. The quantitative estimate of drug-likeness (QED) is 0.528. The zero-order valence-electron chi connectivity index (χ0n) is 6.39. The van der Waals surface area contributed by atoms with Crippen molar-refractivity contribution in [1.82, 2.24) is 4.90 Å². The van der Waals surface area contributed by atoms with E-state index in [0.717, 1.165) is 0 Å². The molecule has 0 radical (unpaired) electrons. The molecule has 0 spiro atoms. The number of thioether (sulfide) groups is 1. The molecule has 0 amide bonds. The molecule has 2 aliphatic rings. The second-order valence-electron chi connectivity index (χ2n) is 3.05. The third-order valence-corrected chi connectivity index (χ3v) is 3.59. The lowest BCUT2D eigenvalue weighted by atomic mass is 10.0. The average molecular weight is 155 g/mol. The summed E-state index contributed by atoms with van der Waals surface area (Å²) in [5, 5.41) is 0. The molecule has 0 fully saturated rings. The second-order valence-corrected chi connectivity index (χ2v) is 4.09. The summed E-state index contributed by atoms with van der Waals surface area (Å²) >= 11 is 2.04. The van der Waals surface area contributed by atoms with Crippen molar-refractivity contribution in [2.75, 3.05) is 12.9 Å². The van der Waals surface area contributed by atoms with E-state index in [1.165, 1.54) is 31.6 Å². The minimum absolute atomic E-state index is 1.20. The molecule has 56 valence electrons. The topological polar surface area (TPSA) is 3.24 Å².